The fraction of sp³-hybridized carbons (Fsp3) is 0.462. The van der Waals surface area contributed by atoms with Crippen LogP contribution in [0, 0.1) is 0 Å². The maximum absolute atomic E-state index is 11.6. The Bertz CT molecular complexity index is 446. The Labute approximate surface area is 120 Å². The van der Waals surface area contributed by atoms with Gasteiger partial charge in [0.05, 0.1) is 6.61 Å². The van der Waals surface area contributed by atoms with Crippen LogP contribution in [0.2, 0.25) is 0 Å². The molecule has 0 spiro atoms. The smallest absolute Gasteiger partial charge is 0.258 e. The van der Waals surface area contributed by atoms with Gasteiger partial charge in [0, 0.05) is 24.0 Å². The number of halogens is 1. The summed E-state index contributed by atoms with van der Waals surface area (Å²) in [6.45, 7) is 0.905. The number of hydrogen-bond acceptors (Lipinski definition) is 4. The number of benzene rings is 1. The Morgan fingerprint density at radius 3 is 3.11 bits per heavy atom. The molecule has 0 aliphatic carbocycles. The van der Waals surface area contributed by atoms with Gasteiger partial charge in [0.15, 0.2) is 6.61 Å². The predicted molar refractivity (Wildman–Crippen MR) is 73.0 cm³/mol. The van der Waals surface area contributed by atoms with Crippen LogP contribution < -0.4 is 10.1 Å². The first-order valence-corrected chi connectivity index (χ1v) is 6.82. The van der Waals surface area contributed by atoms with E-state index >= 15 is 0 Å². The van der Waals surface area contributed by atoms with E-state index in [0.29, 0.717) is 18.8 Å². The minimum absolute atomic E-state index is 0.0760. The van der Waals surface area contributed by atoms with Crippen molar-refractivity contribution in [2.24, 2.45) is 0 Å². The summed E-state index contributed by atoms with van der Waals surface area (Å²) in [5, 5.41) is 12.6. The lowest BCUT2D eigenvalue weighted by molar-refractivity contribution is -0.124. The Morgan fingerprint density at radius 2 is 2.42 bits per heavy atom. The van der Waals surface area contributed by atoms with Gasteiger partial charge in [-0.2, -0.15) is 0 Å². The van der Waals surface area contributed by atoms with Crippen molar-refractivity contribution >= 4 is 21.8 Å². The summed E-state index contributed by atoms with van der Waals surface area (Å²) in [5.74, 6) is 0.354. The molecule has 1 aliphatic heterocycles. The molecule has 5 nitrogen and oxygen atoms in total. The number of aliphatic hydroxyl groups is 1. The van der Waals surface area contributed by atoms with Crippen LogP contribution in [0.25, 0.3) is 0 Å². The normalized spacial score (nSPS) is 22.2. The van der Waals surface area contributed by atoms with Gasteiger partial charge in [-0.25, -0.2) is 0 Å². The molecule has 2 rings (SSSR count). The second-order valence-electron chi connectivity index (χ2n) is 4.55. The Morgan fingerprint density at radius 1 is 1.58 bits per heavy atom. The Kier molecular flexibility index (Phi) is 4.79. The van der Waals surface area contributed by atoms with Gasteiger partial charge in [0.25, 0.3) is 5.91 Å². The maximum atomic E-state index is 11.6. The summed E-state index contributed by atoms with van der Waals surface area (Å²) in [5.41, 5.74) is -0.939. The molecule has 0 radical (unpaired) electrons. The summed E-state index contributed by atoms with van der Waals surface area (Å²) in [4.78, 5) is 11.6. The van der Waals surface area contributed by atoms with E-state index in [1.807, 2.05) is 12.1 Å². The molecular formula is C13H16BrNO4. The first kappa shape index (κ1) is 14.3. The average Bonchev–Trinajstić information content (AvgIpc) is 2.82. The average molecular weight is 330 g/mol. The number of amides is 1. The van der Waals surface area contributed by atoms with Gasteiger partial charge < -0.3 is 19.9 Å². The lowest BCUT2D eigenvalue weighted by atomic mass is 10.0. The fourth-order valence-corrected chi connectivity index (χ4v) is 2.13. The van der Waals surface area contributed by atoms with Crippen LogP contribution in [0.1, 0.15) is 6.42 Å². The van der Waals surface area contributed by atoms with Gasteiger partial charge in [-0.1, -0.05) is 22.0 Å². The van der Waals surface area contributed by atoms with E-state index in [4.69, 9.17) is 9.47 Å². The van der Waals surface area contributed by atoms with Crippen molar-refractivity contribution < 1.29 is 19.4 Å². The minimum atomic E-state index is -0.939. The third-order valence-electron chi connectivity index (χ3n) is 2.86. The topological polar surface area (TPSA) is 67.8 Å². The zero-order chi connectivity index (χ0) is 13.7. The minimum Gasteiger partial charge on any atom is -0.484 e. The largest absolute Gasteiger partial charge is 0.484 e. The molecule has 2 N–H and O–H groups in total. The molecule has 1 atom stereocenters. The van der Waals surface area contributed by atoms with Gasteiger partial charge in [0.2, 0.25) is 0 Å². The molecule has 1 unspecified atom stereocenters. The highest BCUT2D eigenvalue weighted by atomic mass is 79.9. The van der Waals surface area contributed by atoms with Gasteiger partial charge in [0.1, 0.15) is 11.4 Å². The molecule has 0 aromatic heterocycles. The van der Waals surface area contributed by atoms with Crippen molar-refractivity contribution in [1.29, 1.82) is 0 Å². The molecule has 1 saturated heterocycles. The van der Waals surface area contributed by atoms with Crippen LogP contribution in [0.5, 0.6) is 5.75 Å². The van der Waals surface area contributed by atoms with Gasteiger partial charge in [-0.05, 0) is 18.2 Å². The highest BCUT2D eigenvalue weighted by Crippen LogP contribution is 2.18. The predicted octanol–water partition coefficient (Wildman–Crippen LogP) is 1.10. The standard InChI is InChI=1S/C13H16BrNO4/c14-10-2-1-3-11(6-10)19-7-12(16)15-8-13(17)4-5-18-9-13/h1-3,6,17H,4-5,7-9H2,(H,15,16). The zero-order valence-electron chi connectivity index (χ0n) is 10.4. The summed E-state index contributed by atoms with van der Waals surface area (Å²) in [6.07, 6.45) is 0.541. The zero-order valence-corrected chi connectivity index (χ0v) is 12.0. The molecule has 6 heteroatoms. The maximum Gasteiger partial charge on any atom is 0.258 e. The SMILES string of the molecule is O=C(COc1cccc(Br)c1)NCC1(O)CCOC1. The third kappa shape index (κ3) is 4.49. The lowest BCUT2D eigenvalue weighted by Gasteiger charge is -2.20. The van der Waals surface area contributed by atoms with Crippen LogP contribution in [-0.4, -0.2) is 43.0 Å². The fourth-order valence-electron chi connectivity index (χ4n) is 1.76. The van der Waals surface area contributed by atoms with Gasteiger partial charge >= 0.3 is 0 Å². The number of hydrogen-bond donors (Lipinski definition) is 2. The molecule has 1 aliphatic rings. The van der Waals surface area contributed by atoms with E-state index in [1.165, 1.54) is 0 Å². The number of rotatable bonds is 5. The van der Waals surface area contributed by atoms with E-state index < -0.39 is 5.60 Å². The van der Waals surface area contributed by atoms with Crippen molar-refractivity contribution in [1.82, 2.24) is 5.32 Å². The second-order valence-corrected chi connectivity index (χ2v) is 5.47. The highest BCUT2D eigenvalue weighted by molar-refractivity contribution is 9.10. The van der Waals surface area contributed by atoms with Crippen molar-refractivity contribution in [2.75, 3.05) is 26.4 Å². The summed E-state index contributed by atoms with van der Waals surface area (Å²) in [6, 6.07) is 7.26. The van der Waals surface area contributed by atoms with Crippen molar-refractivity contribution in [3.05, 3.63) is 28.7 Å². The molecule has 0 saturated carbocycles. The van der Waals surface area contributed by atoms with Crippen LogP contribution >= 0.6 is 15.9 Å². The van der Waals surface area contributed by atoms with E-state index in [2.05, 4.69) is 21.2 Å². The van der Waals surface area contributed by atoms with Crippen LogP contribution in [0.15, 0.2) is 28.7 Å². The molecule has 1 amide bonds. The third-order valence-corrected chi connectivity index (χ3v) is 3.36. The van der Waals surface area contributed by atoms with Crippen LogP contribution in [0.4, 0.5) is 0 Å². The van der Waals surface area contributed by atoms with Crippen molar-refractivity contribution in [3.8, 4) is 5.75 Å². The summed E-state index contributed by atoms with van der Waals surface area (Å²) >= 11 is 3.32. The number of ether oxygens (including phenoxy) is 2. The molecule has 1 heterocycles. The second kappa shape index (κ2) is 6.36. The first-order chi connectivity index (χ1) is 9.07. The Hall–Kier alpha value is -1.11. The lowest BCUT2D eigenvalue weighted by Crippen LogP contribution is -2.44. The van der Waals surface area contributed by atoms with Gasteiger partial charge in [-0.15, -0.1) is 0 Å². The van der Waals surface area contributed by atoms with E-state index in [9.17, 15) is 9.90 Å². The van der Waals surface area contributed by atoms with Crippen molar-refractivity contribution in [2.45, 2.75) is 12.0 Å². The Balaban J connectivity index is 1.73. The molecule has 1 aromatic carbocycles. The molecule has 1 aromatic rings. The molecule has 19 heavy (non-hydrogen) atoms. The summed E-state index contributed by atoms with van der Waals surface area (Å²) < 4.78 is 11.3. The quantitative estimate of drug-likeness (QED) is 0.848. The van der Waals surface area contributed by atoms with E-state index in [-0.39, 0.29) is 25.7 Å². The monoisotopic (exact) mass is 329 g/mol. The first-order valence-electron chi connectivity index (χ1n) is 6.03. The number of carbonyl (C=O) groups excluding carboxylic acids is 1. The van der Waals surface area contributed by atoms with Crippen LogP contribution in [0.3, 0.4) is 0 Å². The van der Waals surface area contributed by atoms with Crippen LogP contribution in [-0.2, 0) is 9.53 Å². The number of nitrogens with one attached hydrogen (secondary N) is 1. The molecule has 104 valence electrons. The summed E-state index contributed by atoms with van der Waals surface area (Å²) in [7, 11) is 0. The molecule has 1 fully saturated rings. The van der Waals surface area contributed by atoms with E-state index in [1.54, 1.807) is 12.1 Å². The molecular weight excluding hydrogens is 314 g/mol. The van der Waals surface area contributed by atoms with E-state index in [0.717, 1.165) is 4.47 Å². The highest BCUT2D eigenvalue weighted by Gasteiger charge is 2.32. The van der Waals surface area contributed by atoms with Gasteiger partial charge in [-0.3, -0.25) is 4.79 Å². The van der Waals surface area contributed by atoms with Crippen molar-refractivity contribution in [3.63, 3.8) is 0 Å². The number of carbonyl (C=O) groups is 1. The molecule has 0 bridgehead atoms.